The van der Waals surface area contributed by atoms with Crippen LogP contribution in [0.4, 0.5) is 26.0 Å². The smallest absolute Gasteiger partial charge is 0.317 e. The van der Waals surface area contributed by atoms with Crippen molar-refractivity contribution in [3.8, 4) is 28.5 Å². The van der Waals surface area contributed by atoms with Gasteiger partial charge in [0, 0.05) is 75.4 Å². The number of carbonyl (C=O) groups excluding carboxylic acids is 1. The molecule has 2 N–H and O–H groups in total. The van der Waals surface area contributed by atoms with E-state index in [4.69, 9.17) is 15.0 Å². The SMILES string of the molecule is CCc1nc2ccc(-c3ccc(N4CCN(C(=O)NC5CNC5)CC4)nc3)cn2c1N(C)c1nc(-c2ccc(F)cc2)c(C#N)s1.Cl. The molecular formula is C33H34ClFN10OS. The molecule has 242 valence electrons. The van der Waals surface area contributed by atoms with Crippen molar-refractivity contribution in [1.29, 1.82) is 5.26 Å². The number of aromatic nitrogens is 4. The number of thiazole rings is 1. The lowest BCUT2D eigenvalue weighted by Gasteiger charge is -2.37. The number of amides is 2. The molecule has 14 heteroatoms. The van der Waals surface area contributed by atoms with Gasteiger partial charge in [0.25, 0.3) is 0 Å². The first-order valence-corrected chi connectivity index (χ1v) is 16.1. The van der Waals surface area contributed by atoms with Gasteiger partial charge in [0.2, 0.25) is 0 Å². The highest BCUT2D eigenvalue weighted by Gasteiger charge is 2.26. The molecule has 2 saturated heterocycles. The number of piperazine rings is 1. The molecule has 0 atom stereocenters. The third-order valence-electron chi connectivity index (χ3n) is 8.52. The van der Waals surface area contributed by atoms with E-state index in [2.05, 4.69) is 45.2 Å². The Labute approximate surface area is 282 Å². The molecule has 11 nitrogen and oxygen atoms in total. The molecule has 0 radical (unpaired) electrons. The van der Waals surface area contributed by atoms with Crippen LogP contribution >= 0.6 is 23.7 Å². The number of nitrogens with zero attached hydrogens (tertiary/aromatic N) is 8. The topological polar surface area (TPSA) is 118 Å². The van der Waals surface area contributed by atoms with Gasteiger partial charge in [0.05, 0.1) is 11.7 Å². The van der Waals surface area contributed by atoms with E-state index in [0.29, 0.717) is 40.8 Å². The Morgan fingerprint density at radius 1 is 1.06 bits per heavy atom. The van der Waals surface area contributed by atoms with Crippen LogP contribution in [0, 0.1) is 17.1 Å². The number of aryl methyl sites for hydroxylation is 1. The normalized spacial score (nSPS) is 14.8. The number of urea groups is 1. The summed E-state index contributed by atoms with van der Waals surface area (Å²) in [5.74, 6) is 1.41. The van der Waals surface area contributed by atoms with E-state index in [0.717, 1.165) is 60.3 Å². The van der Waals surface area contributed by atoms with E-state index >= 15 is 0 Å². The molecule has 2 fully saturated rings. The largest absolute Gasteiger partial charge is 0.353 e. The Hall–Kier alpha value is -4.77. The number of fused-ring (bicyclic) bond motifs is 1. The van der Waals surface area contributed by atoms with Crippen LogP contribution in [0.25, 0.3) is 28.0 Å². The number of nitrogens with one attached hydrogen (secondary N) is 2. The van der Waals surface area contributed by atoms with Crippen molar-refractivity contribution in [2.45, 2.75) is 19.4 Å². The van der Waals surface area contributed by atoms with Gasteiger partial charge in [-0.05, 0) is 55.0 Å². The second-order valence-electron chi connectivity index (χ2n) is 11.4. The molecule has 6 heterocycles. The number of benzene rings is 1. The first kappa shape index (κ1) is 32.2. The summed E-state index contributed by atoms with van der Waals surface area (Å²) in [5, 5.41) is 16.7. The van der Waals surface area contributed by atoms with Gasteiger partial charge in [-0.3, -0.25) is 4.40 Å². The highest BCUT2D eigenvalue weighted by Crippen LogP contribution is 2.37. The monoisotopic (exact) mass is 672 g/mol. The maximum absolute atomic E-state index is 13.6. The van der Waals surface area contributed by atoms with E-state index < -0.39 is 0 Å². The predicted molar refractivity (Wildman–Crippen MR) is 184 cm³/mol. The van der Waals surface area contributed by atoms with Crippen molar-refractivity contribution in [1.82, 2.24) is 34.9 Å². The summed E-state index contributed by atoms with van der Waals surface area (Å²) in [7, 11) is 1.92. The highest BCUT2D eigenvalue weighted by molar-refractivity contribution is 7.16. The zero-order valence-corrected chi connectivity index (χ0v) is 27.6. The Bertz CT molecular complexity index is 1930. The van der Waals surface area contributed by atoms with E-state index in [9.17, 15) is 14.4 Å². The van der Waals surface area contributed by atoms with Crippen molar-refractivity contribution in [3.05, 3.63) is 77.3 Å². The summed E-state index contributed by atoms with van der Waals surface area (Å²) in [6, 6.07) is 16.7. The molecule has 0 bridgehead atoms. The number of anilines is 3. The molecule has 4 aromatic heterocycles. The van der Waals surface area contributed by atoms with Gasteiger partial charge >= 0.3 is 6.03 Å². The fraction of sp³-hybridized carbons (Fsp3) is 0.303. The maximum atomic E-state index is 13.6. The molecule has 47 heavy (non-hydrogen) atoms. The first-order chi connectivity index (χ1) is 22.4. The Kier molecular flexibility index (Phi) is 9.26. The number of pyridine rings is 2. The van der Waals surface area contributed by atoms with Crippen LogP contribution in [0.2, 0.25) is 0 Å². The lowest BCUT2D eigenvalue weighted by atomic mass is 10.1. The summed E-state index contributed by atoms with van der Waals surface area (Å²) in [4.78, 5) is 33.5. The van der Waals surface area contributed by atoms with Crippen molar-refractivity contribution < 1.29 is 9.18 Å². The molecule has 0 saturated carbocycles. The number of halogens is 2. The van der Waals surface area contributed by atoms with Gasteiger partial charge in [0.15, 0.2) is 5.13 Å². The quantitative estimate of drug-likeness (QED) is 0.246. The van der Waals surface area contributed by atoms with Crippen LogP contribution in [0.3, 0.4) is 0 Å². The van der Waals surface area contributed by atoms with Crippen molar-refractivity contribution in [3.63, 3.8) is 0 Å². The standard InChI is InChI=1S/C33H33FN10OS.ClH/c1-3-26-31(41(2)33-40-30(27(16-35)46-33)21-4-8-24(34)9-5-21)44-20-23(7-11-29(44)39-26)22-6-10-28(37-17-22)42-12-14-43(15-13-42)32(45)38-25-18-36-19-25;/h4-11,17,20,25,36H,3,12-15,18-19H2,1-2H3,(H,38,45);1H. The maximum Gasteiger partial charge on any atom is 0.317 e. The Balaban J connectivity index is 0.00000386. The van der Waals surface area contributed by atoms with Crippen LogP contribution in [0.1, 0.15) is 17.5 Å². The lowest BCUT2D eigenvalue weighted by Crippen LogP contribution is -2.61. The molecule has 2 aliphatic heterocycles. The van der Waals surface area contributed by atoms with Gasteiger partial charge in [0.1, 0.15) is 39.7 Å². The molecule has 1 aromatic carbocycles. The number of carbonyl (C=O) groups is 1. The average Bonchev–Trinajstić information content (AvgIpc) is 3.68. The van der Waals surface area contributed by atoms with Gasteiger partial charge in [-0.1, -0.05) is 18.3 Å². The number of nitriles is 1. The summed E-state index contributed by atoms with van der Waals surface area (Å²) >= 11 is 1.29. The van der Waals surface area contributed by atoms with Gasteiger partial charge in [-0.2, -0.15) is 5.26 Å². The van der Waals surface area contributed by atoms with Crippen molar-refractivity contribution in [2.75, 3.05) is 56.1 Å². The fourth-order valence-electron chi connectivity index (χ4n) is 5.81. The second kappa shape index (κ2) is 13.5. The van der Waals surface area contributed by atoms with E-state index in [-0.39, 0.29) is 30.3 Å². The Morgan fingerprint density at radius 3 is 2.43 bits per heavy atom. The number of hydrogen-bond donors (Lipinski definition) is 2. The summed E-state index contributed by atoms with van der Waals surface area (Å²) in [5.41, 5.74) is 4.88. The van der Waals surface area contributed by atoms with Crippen LogP contribution in [0.5, 0.6) is 0 Å². The second-order valence-corrected chi connectivity index (χ2v) is 12.4. The summed E-state index contributed by atoms with van der Waals surface area (Å²) in [6.45, 7) is 6.50. The zero-order chi connectivity index (χ0) is 31.8. The van der Waals surface area contributed by atoms with Crippen LogP contribution in [-0.2, 0) is 6.42 Å². The fourth-order valence-corrected chi connectivity index (χ4v) is 6.65. The Morgan fingerprint density at radius 2 is 1.79 bits per heavy atom. The minimum atomic E-state index is -0.338. The minimum Gasteiger partial charge on any atom is -0.353 e. The number of imidazole rings is 1. The minimum absolute atomic E-state index is 0. The number of hydrogen-bond acceptors (Lipinski definition) is 9. The van der Waals surface area contributed by atoms with Gasteiger partial charge in [-0.25, -0.2) is 24.1 Å². The molecule has 0 aliphatic carbocycles. The summed E-state index contributed by atoms with van der Waals surface area (Å²) < 4.78 is 15.6. The molecular weight excluding hydrogens is 639 g/mol. The van der Waals surface area contributed by atoms with E-state index in [1.54, 1.807) is 12.1 Å². The number of rotatable bonds is 7. The average molecular weight is 673 g/mol. The van der Waals surface area contributed by atoms with Crippen LogP contribution in [0.15, 0.2) is 60.9 Å². The van der Waals surface area contributed by atoms with Gasteiger partial charge in [-0.15, -0.1) is 12.4 Å². The van der Waals surface area contributed by atoms with Crippen molar-refractivity contribution in [2.24, 2.45) is 0 Å². The first-order valence-electron chi connectivity index (χ1n) is 15.3. The van der Waals surface area contributed by atoms with Crippen LogP contribution < -0.4 is 20.4 Å². The predicted octanol–water partition coefficient (Wildman–Crippen LogP) is 5.09. The molecule has 2 amide bonds. The third kappa shape index (κ3) is 6.32. The third-order valence-corrected chi connectivity index (χ3v) is 9.56. The van der Waals surface area contributed by atoms with Crippen molar-refractivity contribution >= 4 is 52.2 Å². The molecule has 5 aromatic rings. The van der Waals surface area contributed by atoms with E-state index in [1.165, 1.54) is 23.5 Å². The van der Waals surface area contributed by atoms with Gasteiger partial charge < -0.3 is 25.3 Å². The zero-order valence-electron chi connectivity index (χ0n) is 26.0. The molecule has 0 unspecified atom stereocenters. The summed E-state index contributed by atoms with van der Waals surface area (Å²) in [6.07, 6.45) is 4.65. The highest BCUT2D eigenvalue weighted by atomic mass is 35.5. The van der Waals surface area contributed by atoms with Crippen LogP contribution in [-0.4, -0.2) is 82.6 Å². The molecule has 0 spiro atoms. The van der Waals surface area contributed by atoms with E-state index in [1.807, 2.05) is 41.2 Å². The molecule has 2 aliphatic rings. The lowest BCUT2D eigenvalue weighted by molar-refractivity contribution is 0.185. The molecule has 7 rings (SSSR count).